The molecule has 0 saturated heterocycles. The molecule has 1 rings (SSSR count). The van der Waals surface area contributed by atoms with E-state index in [2.05, 4.69) is 23.6 Å². The molecule has 216 valence electrons. The zero-order valence-corrected chi connectivity index (χ0v) is 25.8. The third kappa shape index (κ3) is 11.9. The van der Waals surface area contributed by atoms with Gasteiger partial charge in [0.1, 0.15) is 17.7 Å². The van der Waals surface area contributed by atoms with Gasteiger partial charge in [0.05, 0.1) is 0 Å². The number of nitrogens with zero attached hydrogens (tertiary/aromatic N) is 1. The summed E-state index contributed by atoms with van der Waals surface area (Å²) in [6.07, 6.45) is 4.42. The minimum atomic E-state index is -0.837. The first-order valence-electron chi connectivity index (χ1n) is 14.2. The lowest BCUT2D eigenvalue weighted by molar-refractivity contribution is -0.144. The standard InChI is InChI=1S/C31H53N3O4/c1-12-13-14-15-16-17-34(28(36)25(21(2)3)32-29(37)38-31(9,10)11)26(27(35)33-30(6,7)8)24-19-22(4)18-23(5)20-24/h18-21,25-26H,12-17H2,1-11H3,(H,32,37)(H,33,35). The number of rotatable bonds is 12. The fourth-order valence-electron chi connectivity index (χ4n) is 4.46. The maximum Gasteiger partial charge on any atom is 0.408 e. The summed E-state index contributed by atoms with van der Waals surface area (Å²) in [4.78, 5) is 42.5. The minimum Gasteiger partial charge on any atom is -0.444 e. The van der Waals surface area contributed by atoms with Crippen LogP contribution in [0.5, 0.6) is 0 Å². The van der Waals surface area contributed by atoms with Gasteiger partial charge in [-0.1, -0.05) is 75.8 Å². The van der Waals surface area contributed by atoms with Gasteiger partial charge in [0, 0.05) is 12.1 Å². The number of hydrogen-bond donors (Lipinski definition) is 2. The molecule has 0 fully saturated rings. The van der Waals surface area contributed by atoms with Crippen LogP contribution in [0.15, 0.2) is 18.2 Å². The van der Waals surface area contributed by atoms with Gasteiger partial charge in [0.25, 0.3) is 0 Å². The smallest absolute Gasteiger partial charge is 0.408 e. The number of carbonyl (C=O) groups excluding carboxylic acids is 3. The third-order valence-corrected chi connectivity index (χ3v) is 6.01. The highest BCUT2D eigenvalue weighted by Crippen LogP contribution is 2.27. The molecular weight excluding hydrogens is 478 g/mol. The molecule has 1 aromatic rings. The van der Waals surface area contributed by atoms with Crippen molar-refractivity contribution in [3.8, 4) is 0 Å². The molecular formula is C31H53N3O4. The van der Waals surface area contributed by atoms with Gasteiger partial charge in [-0.25, -0.2) is 4.79 Å². The molecule has 0 radical (unpaired) electrons. The SMILES string of the molecule is CCCCCCCN(C(=O)C(NC(=O)OC(C)(C)C)C(C)C)C(C(=O)NC(C)(C)C)c1cc(C)cc(C)c1. The average Bonchev–Trinajstić information content (AvgIpc) is 2.72. The third-order valence-electron chi connectivity index (χ3n) is 6.01. The Hall–Kier alpha value is -2.57. The van der Waals surface area contributed by atoms with Gasteiger partial charge in [0.2, 0.25) is 11.8 Å². The van der Waals surface area contributed by atoms with Crippen LogP contribution < -0.4 is 10.6 Å². The van der Waals surface area contributed by atoms with Gasteiger partial charge in [-0.3, -0.25) is 9.59 Å². The number of nitrogens with one attached hydrogen (secondary N) is 2. The van der Waals surface area contributed by atoms with E-state index in [9.17, 15) is 14.4 Å². The molecule has 0 aliphatic carbocycles. The lowest BCUT2D eigenvalue weighted by Crippen LogP contribution is -2.56. The summed E-state index contributed by atoms with van der Waals surface area (Å²) < 4.78 is 5.46. The van der Waals surface area contributed by atoms with Crippen molar-refractivity contribution < 1.29 is 19.1 Å². The van der Waals surface area contributed by atoms with E-state index in [0.29, 0.717) is 6.54 Å². The van der Waals surface area contributed by atoms with E-state index in [1.165, 1.54) is 0 Å². The highest BCUT2D eigenvalue weighted by molar-refractivity contribution is 5.92. The monoisotopic (exact) mass is 531 g/mol. The Morgan fingerprint density at radius 3 is 1.92 bits per heavy atom. The Labute approximate surface area is 231 Å². The van der Waals surface area contributed by atoms with Crippen molar-refractivity contribution in [2.45, 2.75) is 131 Å². The van der Waals surface area contributed by atoms with Crippen molar-refractivity contribution in [1.82, 2.24) is 15.5 Å². The van der Waals surface area contributed by atoms with Crippen LogP contribution in [0.25, 0.3) is 0 Å². The minimum absolute atomic E-state index is 0.205. The summed E-state index contributed by atoms with van der Waals surface area (Å²) in [5, 5.41) is 5.89. The summed E-state index contributed by atoms with van der Waals surface area (Å²) >= 11 is 0. The Morgan fingerprint density at radius 2 is 1.45 bits per heavy atom. The topological polar surface area (TPSA) is 87.7 Å². The summed E-state index contributed by atoms with van der Waals surface area (Å²) in [5.41, 5.74) is 1.65. The predicted octanol–water partition coefficient (Wildman–Crippen LogP) is 6.61. The number of hydrogen-bond acceptors (Lipinski definition) is 4. The Balaban J connectivity index is 3.55. The number of unbranched alkanes of at least 4 members (excludes halogenated alkanes) is 4. The van der Waals surface area contributed by atoms with Gasteiger partial charge in [0.15, 0.2) is 0 Å². The zero-order valence-electron chi connectivity index (χ0n) is 25.8. The maximum atomic E-state index is 14.2. The normalized spacial score (nSPS) is 13.6. The van der Waals surface area contributed by atoms with Gasteiger partial charge in [-0.15, -0.1) is 0 Å². The average molecular weight is 532 g/mol. The molecule has 38 heavy (non-hydrogen) atoms. The molecule has 7 nitrogen and oxygen atoms in total. The van der Waals surface area contributed by atoms with Crippen LogP contribution >= 0.6 is 0 Å². The van der Waals surface area contributed by atoms with Gasteiger partial charge >= 0.3 is 6.09 Å². The molecule has 2 N–H and O–H groups in total. The van der Waals surface area contributed by atoms with Crippen molar-refractivity contribution >= 4 is 17.9 Å². The maximum absolute atomic E-state index is 14.2. The van der Waals surface area contributed by atoms with Crippen molar-refractivity contribution in [2.75, 3.05) is 6.54 Å². The van der Waals surface area contributed by atoms with E-state index in [1.807, 2.05) is 60.6 Å². The Morgan fingerprint density at radius 1 is 0.895 bits per heavy atom. The molecule has 0 aromatic heterocycles. The van der Waals surface area contributed by atoms with E-state index in [4.69, 9.17) is 4.74 Å². The quantitative estimate of drug-likeness (QED) is 0.297. The van der Waals surface area contributed by atoms with Crippen LogP contribution in [0.3, 0.4) is 0 Å². The van der Waals surface area contributed by atoms with E-state index < -0.39 is 29.3 Å². The lowest BCUT2D eigenvalue weighted by atomic mass is 9.95. The molecule has 0 aliphatic rings. The van der Waals surface area contributed by atoms with Crippen LogP contribution in [0.4, 0.5) is 4.79 Å². The molecule has 2 unspecified atom stereocenters. The fraction of sp³-hybridized carbons (Fsp3) is 0.710. The van der Waals surface area contributed by atoms with Gasteiger partial charge < -0.3 is 20.3 Å². The fourth-order valence-corrected chi connectivity index (χ4v) is 4.46. The van der Waals surface area contributed by atoms with Crippen LogP contribution in [-0.2, 0) is 14.3 Å². The molecule has 0 saturated carbocycles. The zero-order chi connectivity index (χ0) is 29.3. The van der Waals surface area contributed by atoms with Crippen LogP contribution in [0, 0.1) is 19.8 Å². The van der Waals surface area contributed by atoms with Crippen molar-refractivity contribution in [3.05, 3.63) is 34.9 Å². The highest BCUT2D eigenvalue weighted by atomic mass is 16.6. The number of alkyl carbamates (subject to hydrolysis) is 1. The molecule has 0 bridgehead atoms. The summed E-state index contributed by atoms with van der Waals surface area (Å²) in [7, 11) is 0. The van der Waals surface area contributed by atoms with E-state index in [-0.39, 0.29) is 17.7 Å². The second-order valence-corrected chi connectivity index (χ2v) is 12.9. The second kappa shape index (κ2) is 14.5. The van der Waals surface area contributed by atoms with Crippen molar-refractivity contribution in [2.24, 2.45) is 5.92 Å². The van der Waals surface area contributed by atoms with Crippen LogP contribution in [-0.4, -0.2) is 46.5 Å². The molecule has 0 aliphatic heterocycles. The Kier molecular flexibility index (Phi) is 12.8. The Bertz CT molecular complexity index is 908. The molecule has 1 aromatic carbocycles. The molecule has 0 spiro atoms. The number of aryl methyl sites for hydroxylation is 2. The second-order valence-electron chi connectivity index (χ2n) is 12.9. The van der Waals surface area contributed by atoms with Crippen LogP contribution in [0.1, 0.15) is 117 Å². The molecule has 2 atom stereocenters. The van der Waals surface area contributed by atoms with E-state index >= 15 is 0 Å². The first kappa shape index (κ1) is 33.5. The summed E-state index contributed by atoms with van der Waals surface area (Å²) in [6, 6.07) is 4.34. The van der Waals surface area contributed by atoms with Crippen LogP contribution in [0.2, 0.25) is 0 Å². The number of amides is 3. The predicted molar refractivity (Wildman–Crippen MR) is 155 cm³/mol. The molecule has 3 amide bonds. The van der Waals surface area contributed by atoms with Crippen molar-refractivity contribution in [1.29, 1.82) is 0 Å². The first-order valence-corrected chi connectivity index (χ1v) is 14.2. The van der Waals surface area contributed by atoms with E-state index in [0.717, 1.165) is 48.8 Å². The number of benzene rings is 1. The summed E-state index contributed by atoms with van der Waals surface area (Å²) in [5.74, 6) is -0.720. The first-order chi connectivity index (χ1) is 17.4. The number of ether oxygens (including phenoxy) is 1. The van der Waals surface area contributed by atoms with Gasteiger partial charge in [-0.2, -0.15) is 0 Å². The number of carbonyl (C=O) groups is 3. The largest absolute Gasteiger partial charge is 0.444 e. The lowest BCUT2D eigenvalue weighted by Gasteiger charge is -2.37. The molecule has 0 heterocycles. The molecule has 7 heteroatoms. The highest BCUT2D eigenvalue weighted by Gasteiger charge is 2.38. The van der Waals surface area contributed by atoms with Crippen molar-refractivity contribution in [3.63, 3.8) is 0 Å². The van der Waals surface area contributed by atoms with Gasteiger partial charge in [-0.05, 0) is 73.3 Å². The van der Waals surface area contributed by atoms with E-state index in [1.54, 1.807) is 25.7 Å². The summed E-state index contributed by atoms with van der Waals surface area (Å²) in [6.45, 7) is 21.5.